The van der Waals surface area contributed by atoms with E-state index in [1.54, 1.807) is 14.2 Å². The molecule has 0 heterocycles. The number of nitrogens with one attached hydrogen (secondary N) is 1. The van der Waals surface area contributed by atoms with E-state index in [0.29, 0.717) is 31.0 Å². The summed E-state index contributed by atoms with van der Waals surface area (Å²) >= 11 is 0. The summed E-state index contributed by atoms with van der Waals surface area (Å²) < 4.78 is 75.5. The molecule has 0 radical (unpaired) electrons. The van der Waals surface area contributed by atoms with E-state index in [2.05, 4.69) is 4.72 Å². The Hall–Kier alpha value is -2.46. The number of ether oxygens (including phenoxy) is 2. The van der Waals surface area contributed by atoms with Gasteiger partial charge in [-0.05, 0) is 62.3 Å². The molecule has 2 rings (SSSR count). The first-order valence-corrected chi connectivity index (χ1v) is 11.3. The normalized spacial score (nSPS) is 12.1. The standard InChI is InChI=1S/C21H27F3N2O4S/c1-26(12-10-16-8-9-19(29-2)20(14-16)30-3)11-5-13-31(27,28)25-18-7-4-6-17(15-18)21(22,23)24/h4,6-9,14-15,25H,5,10-13H2,1-3H3. The number of sulfonamides is 1. The fraction of sp³-hybridized carbons (Fsp3) is 0.429. The lowest BCUT2D eigenvalue weighted by Gasteiger charge is -2.17. The molecule has 31 heavy (non-hydrogen) atoms. The first-order valence-electron chi connectivity index (χ1n) is 9.61. The zero-order valence-corrected chi connectivity index (χ0v) is 18.5. The summed E-state index contributed by atoms with van der Waals surface area (Å²) in [5.41, 5.74) is 0.0579. The number of rotatable bonds is 11. The molecule has 0 amide bonds. The largest absolute Gasteiger partial charge is 0.493 e. The number of hydrogen-bond donors (Lipinski definition) is 1. The molecule has 0 aromatic heterocycles. The molecule has 0 fully saturated rings. The summed E-state index contributed by atoms with van der Waals surface area (Å²) in [4.78, 5) is 2.00. The fourth-order valence-electron chi connectivity index (χ4n) is 2.98. The molecule has 6 nitrogen and oxygen atoms in total. The highest BCUT2D eigenvalue weighted by atomic mass is 32.2. The number of methoxy groups -OCH3 is 2. The Morgan fingerprint density at radius 1 is 1.00 bits per heavy atom. The molecule has 172 valence electrons. The van der Waals surface area contributed by atoms with Gasteiger partial charge < -0.3 is 14.4 Å². The number of benzene rings is 2. The van der Waals surface area contributed by atoms with Crippen LogP contribution >= 0.6 is 0 Å². The van der Waals surface area contributed by atoms with Crippen molar-refractivity contribution in [3.63, 3.8) is 0 Å². The molecule has 10 heteroatoms. The highest BCUT2D eigenvalue weighted by Gasteiger charge is 2.30. The van der Waals surface area contributed by atoms with Crippen LogP contribution in [-0.2, 0) is 22.6 Å². The number of alkyl halides is 3. The van der Waals surface area contributed by atoms with Gasteiger partial charge in [-0.25, -0.2) is 8.42 Å². The van der Waals surface area contributed by atoms with Crippen LogP contribution < -0.4 is 14.2 Å². The lowest BCUT2D eigenvalue weighted by molar-refractivity contribution is -0.137. The minimum Gasteiger partial charge on any atom is -0.493 e. The van der Waals surface area contributed by atoms with Crippen molar-refractivity contribution in [3.8, 4) is 11.5 Å². The van der Waals surface area contributed by atoms with Gasteiger partial charge in [0.05, 0.1) is 25.5 Å². The summed E-state index contributed by atoms with van der Waals surface area (Å²) in [7, 11) is 1.27. The number of nitrogens with zero attached hydrogens (tertiary/aromatic N) is 1. The predicted octanol–water partition coefficient (Wildman–Crippen LogP) is 4.03. The van der Waals surface area contributed by atoms with Gasteiger partial charge in [0.2, 0.25) is 10.0 Å². The maximum absolute atomic E-state index is 12.8. The molecular formula is C21H27F3N2O4S. The molecule has 1 N–H and O–H groups in total. The van der Waals surface area contributed by atoms with E-state index in [0.717, 1.165) is 24.1 Å². The molecular weight excluding hydrogens is 433 g/mol. The second-order valence-corrected chi connectivity index (χ2v) is 8.94. The molecule has 2 aromatic rings. The third-order valence-corrected chi connectivity index (χ3v) is 6.02. The summed E-state index contributed by atoms with van der Waals surface area (Å²) in [6.45, 7) is 1.23. The molecule has 0 aliphatic heterocycles. The topological polar surface area (TPSA) is 67.9 Å². The van der Waals surface area contributed by atoms with E-state index in [9.17, 15) is 21.6 Å². The van der Waals surface area contributed by atoms with Gasteiger partial charge in [0.25, 0.3) is 0 Å². The molecule has 2 aromatic carbocycles. The number of anilines is 1. The Balaban J connectivity index is 1.81. The van der Waals surface area contributed by atoms with E-state index in [1.165, 1.54) is 12.1 Å². The minimum absolute atomic E-state index is 0.100. The van der Waals surface area contributed by atoms with Crippen LogP contribution in [0.5, 0.6) is 11.5 Å². The van der Waals surface area contributed by atoms with Crippen molar-refractivity contribution >= 4 is 15.7 Å². The fourth-order valence-corrected chi connectivity index (χ4v) is 4.08. The Kier molecular flexibility index (Phi) is 8.58. The van der Waals surface area contributed by atoms with Crippen LogP contribution in [0.3, 0.4) is 0 Å². The van der Waals surface area contributed by atoms with Crippen molar-refractivity contribution in [2.75, 3.05) is 44.8 Å². The van der Waals surface area contributed by atoms with Gasteiger partial charge in [-0.15, -0.1) is 0 Å². The van der Waals surface area contributed by atoms with Gasteiger partial charge >= 0.3 is 6.18 Å². The first-order chi connectivity index (χ1) is 14.5. The summed E-state index contributed by atoms with van der Waals surface area (Å²) in [6.07, 6.45) is -3.44. The first kappa shape index (κ1) is 24.8. The third kappa shape index (κ3) is 7.95. The summed E-state index contributed by atoms with van der Waals surface area (Å²) in [5.74, 6) is 1.11. The second-order valence-electron chi connectivity index (χ2n) is 7.10. The molecule has 0 atom stereocenters. The van der Waals surface area contributed by atoms with Crippen molar-refractivity contribution in [1.82, 2.24) is 4.90 Å². The van der Waals surface area contributed by atoms with Crippen molar-refractivity contribution in [2.45, 2.75) is 19.0 Å². The second kappa shape index (κ2) is 10.7. The Morgan fingerprint density at radius 2 is 1.71 bits per heavy atom. The molecule has 0 aliphatic carbocycles. The molecule has 0 saturated carbocycles. The van der Waals surface area contributed by atoms with Crippen molar-refractivity contribution < 1.29 is 31.1 Å². The van der Waals surface area contributed by atoms with Crippen LogP contribution in [0.15, 0.2) is 42.5 Å². The van der Waals surface area contributed by atoms with Crippen LogP contribution in [-0.4, -0.2) is 53.4 Å². The lowest BCUT2D eigenvalue weighted by atomic mass is 10.1. The smallest absolute Gasteiger partial charge is 0.416 e. The number of likely N-dealkylation sites (N-methyl/N-ethyl adjacent to an activating group) is 1. The Morgan fingerprint density at radius 3 is 2.35 bits per heavy atom. The van der Waals surface area contributed by atoms with Crippen LogP contribution in [0.25, 0.3) is 0 Å². The van der Waals surface area contributed by atoms with Gasteiger partial charge in [0.15, 0.2) is 11.5 Å². The predicted molar refractivity (Wildman–Crippen MR) is 114 cm³/mol. The third-order valence-electron chi connectivity index (χ3n) is 4.65. The van der Waals surface area contributed by atoms with E-state index >= 15 is 0 Å². The SMILES string of the molecule is COc1ccc(CCN(C)CCCS(=O)(=O)Nc2cccc(C(F)(F)F)c2)cc1OC. The molecule has 0 saturated heterocycles. The van der Waals surface area contributed by atoms with Crippen LogP contribution in [0.4, 0.5) is 18.9 Å². The quantitative estimate of drug-likeness (QED) is 0.549. The molecule has 0 unspecified atom stereocenters. The summed E-state index contributed by atoms with van der Waals surface area (Å²) in [6, 6.07) is 9.82. The van der Waals surface area contributed by atoms with E-state index in [1.807, 2.05) is 30.1 Å². The maximum atomic E-state index is 12.8. The van der Waals surface area contributed by atoms with Crippen molar-refractivity contribution in [2.24, 2.45) is 0 Å². The van der Waals surface area contributed by atoms with Crippen LogP contribution in [0.1, 0.15) is 17.5 Å². The van der Waals surface area contributed by atoms with Crippen molar-refractivity contribution in [1.29, 1.82) is 0 Å². The average Bonchev–Trinajstić information content (AvgIpc) is 2.71. The minimum atomic E-state index is -4.53. The van der Waals surface area contributed by atoms with Gasteiger partial charge in [-0.3, -0.25) is 4.72 Å². The molecule has 0 aliphatic rings. The maximum Gasteiger partial charge on any atom is 0.416 e. The van der Waals surface area contributed by atoms with E-state index < -0.39 is 21.8 Å². The van der Waals surface area contributed by atoms with Gasteiger partial charge in [0, 0.05) is 12.2 Å². The van der Waals surface area contributed by atoms with Crippen molar-refractivity contribution in [3.05, 3.63) is 53.6 Å². The van der Waals surface area contributed by atoms with Gasteiger partial charge in [-0.1, -0.05) is 12.1 Å². The van der Waals surface area contributed by atoms with E-state index in [-0.39, 0.29) is 11.4 Å². The van der Waals surface area contributed by atoms with Gasteiger partial charge in [-0.2, -0.15) is 13.2 Å². The zero-order valence-electron chi connectivity index (χ0n) is 17.7. The Labute approximate surface area is 181 Å². The number of hydrogen-bond acceptors (Lipinski definition) is 5. The average molecular weight is 461 g/mol. The monoisotopic (exact) mass is 460 g/mol. The summed E-state index contributed by atoms with van der Waals surface area (Å²) in [5, 5.41) is 0. The van der Waals surface area contributed by atoms with Gasteiger partial charge in [0.1, 0.15) is 0 Å². The zero-order chi connectivity index (χ0) is 23.1. The van der Waals surface area contributed by atoms with Crippen LogP contribution in [0.2, 0.25) is 0 Å². The van der Waals surface area contributed by atoms with Crippen LogP contribution in [0, 0.1) is 0 Å². The van der Waals surface area contributed by atoms with E-state index in [4.69, 9.17) is 9.47 Å². The molecule has 0 bridgehead atoms. The number of halogens is 3. The lowest BCUT2D eigenvalue weighted by Crippen LogP contribution is -2.26. The highest BCUT2D eigenvalue weighted by molar-refractivity contribution is 7.92. The Bertz CT molecular complexity index is 965. The molecule has 0 spiro atoms. The highest BCUT2D eigenvalue weighted by Crippen LogP contribution is 2.31.